The molecule has 3 heterocycles. The Morgan fingerprint density at radius 2 is 2.05 bits per heavy atom. The van der Waals surface area contributed by atoms with E-state index in [0.29, 0.717) is 22.4 Å². The summed E-state index contributed by atoms with van der Waals surface area (Å²) >= 11 is 0. The molecule has 22 heavy (non-hydrogen) atoms. The van der Waals surface area contributed by atoms with E-state index in [1.165, 1.54) is 32.8 Å². The average Bonchev–Trinajstić information content (AvgIpc) is 3.01. The van der Waals surface area contributed by atoms with Crippen molar-refractivity contribution in [2.45, 2.75) is 6.92 Å². The Bertz CT molecular complexity index is 959. The summed E-state index contributed by atoms with van der Waals surface area (Å²) in [6, 6.07) is 1.22. The fourth-order valence-corrected chi connectivity index (χ4v) is 3.10. The van der Waals surface area contributed by atoms with Gasteiger partial charge in [-0.2, -0.15) is 12.7 Å². The molecule has 3 rings (SSSR count). The van der Waals surface area contributed by atoms with Gasteiger partial charge >= 0.3 is 10.2 Å². The Balaban J connectivity index is 2.40. The molecule has 116 valence electrons. The zero-order valence-corrected chi connectivity index (χ0v) is 12.9. The van der Waals surface area contributed by atoms with Crippen molar-refractivity contribution in [3.63, 3.8) is 0 Å². The molecule has 0 N–H and O–H groups in total. The van der Waals surface area contributed by atoms with Crippen LogP contribution < -0.4 is 0 Å². The van der Waals surface area contributed by atoms with Crippen molar-refractivity contribution in [2.24, 2.45) is 0 Å². The molecule has 0 saturated heterocycles. The summed E-state index contributed by atoms with van der Waals surface area (Å²) in [7, 11) is -0.983. The maximum atomic E-state index is 13.5. The van der Waals surface area contributed by atoms with Crippen LogP contribution in [0.2, 0.25) is 0 Å². The third-order valence-electron chi connectivity index (χ3n) is 3.28. The van der Waals surface area contributed by atoms with Gasteiger partial charge in [0.2, 0.25) is 0 Å². The SMILES string of the molecule is Cc1ncoc1-c1cn(S(=O)(=O)N(C)C)c2ncc(F)cc12. The number of hydrogen-bond acceptors (Lipinski definition) is 5. The van der Waals surface area contributed by atoms with Crippen molar-refractivity contribution >= 4 is 21.2 Å². The highest BCUT2D eigenvalue weighted by Crippen LogP contribution is 2.32. The van der Waals surface area contributed by atoms with Gasteiger partial charge in [0.15, 0.2) is 17.8 Å². The largest absolute Gasteiger partial charge is 0.443 e. The van der Waals surface area contributed by atoms with Crippen LogP contribution in [0.5, 0.6) is 0 Å². The second kappa shape index (κ2) is 4.89. The predicted molar refractivity (Wildman–Crippen MR) is 77.9 cm³/mol. The van der Waals surface area contributed by atoms with E-state index in [2.05, 4.69) is 9.97 Å². The molecule has 0 saturated carbocycles. The standard InChI is InChI=1S/C13H13FN4O3S/c1-8-12(21-7-16-8)11-6-18(22(19,20)17(2)3)13-10(11)4-9(14)5-15-13/h4-7H,1-3H3. The predicted octanol–water partition coefficient (Wildman–Crippen LogP) is 1.79. The monoisotopic (exact) mass is 324 g/mol. The third kappa shape index (κ3) is 2.09. The van der Waals surface area contributed by atoms with E-state index in [4.69, 9.17) is 4.42 Å². The van der Waals surface area contributed by atoms with Crippen molar-refractivity contribution in [1.82, 2.24) is 18.2 Å². The molecule has 0 aliphatic heterocycles. The first-order chi connectivity index (χ1) is 10.3. The van der Waals surface area contributed by atoms with E-state index in [1.54, 1.807) is 6.92 Å². The van der Waals surface area contributed by atoms with Crippen LogP contribution in [0.3, 0.4) is 0 Å². The first-order valence-electron chi connectivity index (χ1n) is 6.32. The highest BCUT2D eigenvalue weighted by atomic mass is 32.2. The topological polar surface area (TPSA) is 81.2 Å². The van der Waals surface area contributed by atoms with Crippen LogP contribution in [-0.4, -0.2) is 40.8 Å². The van der Waals surface area contributed by atoms with Gasteiger partial charge in [-0.05, 0) is 13.0 Å². The lowest BCUT2D eigenvalue weighted by atomic mass is 10.1. The fraction of sp³-hybridized carbons (Fsp3) is 0.231. The van der Waals surface area contributed by atoms with Gasteiger partial charge in [0.25, 0.3) is 0 Å². The van der Waals surface area contributed by atoms with E-state index in [-0.39, 0.29) is 5.65 Å². The number of oxazole rings is 1. The number of pyridine rings is 1. The van der Waals surface area contributed by atoms with E-state index in [9.17, 15) is 12.8 Å². The van der Waals surface area contributed by atoms with Gasteiger partial charge in [0.05, 0.1) is 11.9 Å². The van der Waals surface area contributed by atoms with E-state index in [1.807, 2.05) is 0 Å². The molecule has 0 bridgehead atoms. The smallest absolute Gasteiger partial charge is 0.308 e. The molecule has 0 atom stereocenters. The summed E-state index contributed by atoms with van der Waals surface area (Å²) in [6.07, 6.45) is 3.59. The summed E-state index contributed by atoms with van der Waals surface area (Å²) in [4.78, 5) is 7.89. The number of rotatable bonds is 3. The highest BCUT2D eigenvalue weighted by Gasteiger charge is 2.24. The Hall–Kier alpha value is -2.26. The summed E-state index contributed by atoms with van der Waals surface area (Å²) in [6.45, 7) is 1.72. The lowest BCUT2D eigenvalue weighted by Crippen LogP contribution is -2.28. The van der Waals surface area contributed by atoms with Gasteiger partial charge in [0.1, 0.15) is 5.82 Å². The molecule has 0 spiro atoms. The third-order valence-corrected chi connectivity index (χ3v) is 4.98. The molecule has 3 aromatic rings. The maximum Gasteiger partial charge on any atom is 0.308 e. The van der Waals surface area contributed by atoms with Crippen molar-refractivity contribution in [2.75, 3.05) is 14.1 Å². The summed E-state index contributed by atoms with van der Waals surface area (Å²) in [5.41, 5.74) is 1.12. The van der Waals surface area contributed by atoms with Gasteiger partial charge < -0.3 is 4.42 Å². The van der Waals surface area contributed by atoms with Crippen LogP contribution >= 0.6 is 0 Å². The molecule has 0 amide bonds. The second-order valence-corrected chi connectivity index (χ2v) is 6.94. The molecule has 0 radical (unpaired) electrons. The van der Waals surface area contributed by atoms with E-state index < -0.39 is 16.0 Å². The van der Waals surface area contributed by atoms with Crippen molar-refractivity contribution in [1.29, 1.82) is 0 Å². The highest BCUT2D eigenvalue weighted by molar-refractivity contribution is 7.87. The number of aryl methyl sites for hydroxylation is 1. The first kappa shape index (κ1) is 14.7. The molecule has 0 aliphatic rings. The lowest BCUT2D eigenvalue weighted by Gasteiger charge is -2.12. The Morgan fingerprint density at radius 3 is 2.64 bits per heavy atom. The molecule has 0 aromatic carbocycles. The first-order valence-corrected chi connectivity index (χ1v) is 7.72. The normalized spacial score (nSPS) is 12.4. The summed E-state index contributed by atoms with van der Waals surface area (Å²) in [5.74, 6) is -0.184. The van der Waals surface area contributed by atoms with Crippen LogP contribution in [0.25, 0.3) is 22.4 Å². The molecule has 7 nitrogen and oxygen atoms in total. The van der Waals surface area contributed by atoms with Crippen LogP contribution in [0.1, 0.15) is 5.69 Å². The van der Waals surface area contributed by atoms with E-state index in [0.717, 1.165) is 14.5 Å². The maximum absolute atomic E-state index is 13.5. The second-order valence-electron chi connectivity index (χ2n) is 4.92. The number of nitrogens with zero attached hydrogens (tertiary/aromatic N) is 4. The molecule has 0 aliphatic carbocycles. The number of aromatic nitrogens is 3. The Morgan fingerprint density at radius 1 is 1.32 bits per heavy atom. The zero-order valence-electron chi connectivity index (χ0n) is 12.1. The molecule has 0 unspecified atom stereocenters. The summed E-state index contributed by atoms with van der Waals surface area (Å²) in [5, 5.41) is 0.338. The van der Waals surface area contributed by atoms with Crippen LogP contribution in [0.15, 0.2) is 29.3 Å². The minimum Gasteiger partial charge on any atom is -0.443 e. The van der Waals surface area contributed by atoms with Gasteiger partial charge in [-0.15, -0.1) is 0 Å². The van der Waals surface area contributed by atoms with Crippen LogP contribution in [-0.2, 0) is 10.2 Å². The Kier molecular flexibility index (Phi) is 3.26. The molecule has 3 aromatic heterocycles. The van der Waals surface area contributed by atoms with Gasteiger partial charge in [0, 0.05) is 31.2 Å². The fourth-order valence-electron chi connectivity index (χ4n) is 2.15. The molecular weight excluding hydrogens is 311 g/mol. The van der Waals surface area contributed by atoms with Crippen LogP contribution in [0.4, 0.5) is 4.39 Å². The van der Waals surface area contributed by atoms with E-state index >= 15 is 0 Å². The minimum atomic E-state index is -3.80. The average molecular weight is 324 g/mol. The van der Waals surface area contributed by atoms with Crippen molar-refractivity contribution in [3.8, 4) is 11.3 Å². The van der Waals surface area contributed by atoms with Crippen molar-refractivity contribution in [3.05, 3.63) is 36.4 Å². The number of fused-ring (bicyclic) bond motifs is 1. The molecular formula is C13H13FN4O3S. The zero-order chi connectivity index (χ0) is 16.1. The number of hydrogen-bond donors (Lipinski definition) is 0. The van der Waals surface area contributed by atoms with Crippen molar-refractivity contribution < 1.29 is 17.2 Å². The van der Waals surface area contributed by atoms with Gasteiger partial charge in [-0.25, -0.2) is 18.3 Å². The molecule has 9 heteroatoms. The lowest BCUT2D eigenvalue weighted by molar-refractivity contribution is 0.512. The quantitative estimate of drug-likeness (QED) is 0.734. The summed E-state index contributed by atoms with van der Waals surface area (Å²) < 4.78 is 45.7. The van der Waals surface area contributed by atoms with Crippen LogP contribution in [0, 0.1) is 12.7 Å². The molecule has 0 fully saturated rings. The Labute approximate surface area is 126 Å². The number of halogens is 1. The van der Waals surface area contributed by atoms with Gasteiger partial charge in [-0.1, -0.05) is 0 Å². The van der Waals surface area contributed by atoms with Gasteiger partial charge in [-0.3, -0.25) is 0 Å². The minimum absolute atomic E-state index is 0.126.